The fourth-order valence-electron chi connectivity index (χ4n) is 2.86. The quantitative estimate of drug-likeness (QED) is 0.577. The average molecular weight is 416 g/mol. The number of rotatable bonds is 6. The third-order valence-electron chi connectivity index (χ3n) is 4.36. The highest BCUT2D eigenvalue weighted by Gasteiger charge is 2.21. The Bertz CT molecular complexity index is 837. The van der Waals surface area contributed by atoms with Crippen LogP contribution in [0.4, 0.5) is 5.69 Å². The largest absolute Gasteiger partial charge is 0.337 e. The van der Waals surface area contributed by atoms with Gasteiger partial charge in [-0.25, -0.2) is 0 Å². The molecule has 0 radical (unpaired) electrons. The molecule has 3 rings (SSSR count). The van der Waals surface area contributed by atoms with Gasteiger partial charge in [-0.05, 0) is 29.7 Å². The van der Waals surface area contributed by atoms with Gasteiger partial charge in [-0.2, -0.15) is 0 Å². The normalized spacial score (nSPS) is 15.0. The van der Waals surface area contributed by atoms with Gasteiger partial charge in [-0.1, -0.05) is 53.7 Å². The van der Waals surface area contributed by atoms with Crippen LogP contribution < -0.4 is 5.32 Å². The van der Waals surface area contributed by atoms with Gasteiger partial charge in [0.1, 0.15) is 0 Å². The number of hydrogen-bond donors (Lipinski definition) is 1. The standard InChI is InChI=1S/C21H22ClN3O2S/c22-18-8-4-5-9-19(18)23-20(26)16-24-11-13-25(14-12-24)21(27)10-15-28-17-6-2-1-3-7-17/h1-10,15H,11-14,16H2,(H,23,26)/b15-10+. The Morgan fingerprint density at radius 2 is 1.68 bits per heavy atom. The van der Waals surface area contributed by atoms with Gasteiger partial charge in [0, 0.05) is 37.2 Å². The van der Waals surface area contributed by atoms with Crippen molar-refractivity contribution in [2.24, 2.45) is 0 Å². The summed E-state index contributed by atoms with van der Waals surface area (Å²) in [7, 11) is 0. The lowest BCUT2D eigenvalue weighted by molar-refractivity contribution is -0.128. The van der Waals surface area contributed by atoms with Gasteiger partial charge in [0.25, 0.3) is 0 Å². The van der Waals surface area contributed by atoms with Crippen molar-refractivity contribution >= 4 is 40.9 Å². The second-order valence-corrected chi connectivity index (χ2v) is 7.75. The van der Waals surface area contributed by atoms with Crippen LogP contribution >= 0.6 is 23.4 Å². The van der Waals surface area contributed by atoms with E-state index in [2.05, 4.69) is 5.32 Å². The summed E-state index contributed by atoms with van der Waals surface area (Å²) < 4.78 is 0. The Hall–Kier alpha value is -2.28. The Kier molecular flexibility index (Phi) is 7.54. The Morgan fingerprint density at radius 3 is 2.39 bits per heavy atom. The molecule has 7 heteroatoms. The number of nitrogens with zero attached hydrogens (tertiary/aromatic N) is 2. The van der Waals surface area contributed by atoms with E-state index in [-0.39, 0.29) is 18.4 Å². The maximum Gasteiger partial charge on any atom is 0.247 e. The number of carbonyl (C=O) groups is 2. The zero-order valence-corrected chi connectivity index (χ0v) is 17.0. The predicted molar refractivity (Wildman–Crippen MR) is 115 cm³/mol. The zero-order chi connectivity index (χ0) is 19.8. The van der Waals surface area contributed by atoms with Crippen molar-refractivity contribution in [3.05, 3.63) is 71.1 Å². The number of carbonyl (C=O) groups excluding carboxylic acids is 2. The number of halogens is 1. The Labute approximate surface area is 174 Å². The van der Waals surface area contributed by atoms with Crippen molar-refractivity contribution < 1.29 is 9.59 Å². The summed E-state index contributed by atoms with van der Waals surface area (Å²) in [5, 5.41) is 5.17. The van der Waals surface area contributed by atoms with E-state index in [1.807, 2.05) is 57.7 Å². The lowest BCUT2D eigenvalue weighted by Gasteiger charge is -2.33. The third-order valence-corrected chi connectivity index (χ3v) is 5.50. The zero-order valence-electron chi connectivity index (χ0n) is 15.4. The molecule has 0 bridgehead atoms. The molecule has 2 aromatic rings. The van der Waals surface area contributed by atoms with E-state index in [1.54, 1.807) is 18.2 Å². The number of nitrogens with one attached hydrogen (secondary N) is 1. The Morgan fingerprint density at radius 1 is 1.00 bits per heavy atom. The molecule has 1 saturated heterocycles. The van der Waals surface area contributed by atoms with Crippen LogP contribution in [-0.2, 0) is 9.59 Å². The molecule has 0 unspecified atom stereocenters. The van der Waals surface area contributed by atoms with E-state index in [4.69, 9.17) is 11.6 Å². The molecule has 28 heavy (non-hydrogen) atoms. The molecule has 1 fully saturated rings. The van der Waals surface area contributed by atoms with Gasteiger partial charge in [-0.15, -0.1) is 0 Å². The molecule has 1 aliphatic heterocycles. The predicted octanol–water partition coefficient (Wildman–Crippen LogP) is 3.73. The topological polar surface area (TPSA) is 52.7 Å². The molecule has 5 nitrogen and oxygen atoms in total. The average Bonchev–Trinajstić information content (AvgIpc) is 2.71. The molecule has 1 aliphatic rings. The summed E-state index contributed by atoms with van der Waals surface area (Å²) in [5.41, 5.74) is 0.615. The van der Waals surface area contributed by atoms with E-state index in [9.17, 15) is 9.59 Å². The molecule has 0 spiro atoms. The summed E-state index contributed by atoms with van der Waals surface area (Å²) in [5.74, 6) is -0.101. The Balaban J connectivity index is 1.40. The number of amides is 2. The highest BCUT2D eigenvalue weighted by molar-refractivity contribution is 8.02. The first kappa shape index (κ1) is 20.5. The molecule has 1 N–H and O–H groups in total. The van der Waals surface area contributed by atoms with Crippen molar-refractivity contribution in [1.82, 2.24) is 9.80 Å². The van der Waals surface area contributed by atoms with Crippen LogP contribution in [0.25, 0.3) is 0 Å². The first-order valence-corrected chi connectivity index (χ1v) is 10.3. The lowest BCUT2D eigenvalue weighted by atomic mass is 10.3. The van der Waals surface area contributed by atoms with Crippen LogP contribution in [0.3, 0.4) is 0 Å². The van der Waals surface area contributed by atoms with Gasteiger partial charge in [0.05, 0.1) is 17.3 Å². The number of thioether (sulfide) groups is 1. The first-order chi connectivity index (χ1) is 13.6. The fraction of sp³-hybridized carbons (Fsp3) is 0.238. The molecule has 0 aromatic heterocycles. The monoisotopic (exact) mass is 415 g/mol. The van der Waals surface area contributed by atoms with E-state index in [1.165, 1.54) is 11.8 Å². The molecule has 0 saturated carbocycles. The van der Waals surface area contributed by atoms with Crippen LogP contribution in [0.2, 0.25) is 5.02 Å². The second kappa shape index (κ2) is 10.3. The van der Waals surface area contributed by atoms with Crippen molar-refractivity contribution in [3.63, 3.8) is 0 Å². The summed E-state index contributed by atoms with van der Waals surface area (Å²) in [6, 6.07) is 17.1. The lowest BCUT2D eigenvalue weighted by Crippen LogP contribution is -2.50. The van der Waals surface area contributed by atoms with E-state index >= 15 is 0 Å². The number of hydrogen-bond acceptors (Lipinski definition) is 4. The van der Waals surface area contributed by atoms with Crippen LogP contribution in [0.1, 0.15) is 0 Å². The minimum absolute atomic E-state index is 0.00333. The van der Waals surface area contributed by atoms with Gasteiger partial charge >= 0.3 is 0 Å². The molecule has 0 aliphatic carbocycles. The van der Waals surface area contributed by atoms with Crippen LogP contribution in [-0.4, -0.2) is 54.3 Å². The molecular weight excluding hydrogens is 394 g/mol. The van der Waals surface area contributed by atoms with Crippen LogP contribution in [0.5, 0.6) is 0 Å². The van der Waals surface area contributed by atoms with Crippen molar-refractivity contribution in [3.8, 4) is 0 Å². The van der Waals surface area contributed by atoms with E-state index in [0.29, 0.717) is 36.9 Å². The highest BCUT2D eigenvalue weighted by Crippen LogP contribution is 2.20. The maximum absolute atomic E-state index is 12.3. The van der Waals surface area contributed by atoms with E-state index < -0.39 is 0 Å². The number of benzene rings is 2. The molecular formula is C21H22ClN3O2S. The molecule has 146 valence electrons. The van der Waals surface area contributed by atoms with Crippen molar-refractivity contribution in [1.29, 1.82) is 0 Å². The second-order valence-electron chi connectivity index (χ2n) is 6.36. The maximum atomic E-state index is 12.3. The molecule has 2 aromatic carbocycles. The number of para-hydroxylation sites is 1. The SMILES string of the molecule is O=C(CN1CCN(C(=O)/C=C/Sc2ccccc2)CC1)Nc1ccccc1Cl. The van der Waals surface area contributed by atoms with Gasteiger partial charge in [0.15, 0.2) is 0 Å². The molecule has 0 atom stereocenters. The minimum Gasteiger partial charge on any atom is -0.337 e. The van der Waals surface area contributed by atoms with Crippen LogP contribution in [0.15, 0.2) is 71.0 Å². The number of piperazine rings is 1. The number of anilines is 1. The smallest absolute Gasteiger partial charge is 0.247 e. The summed E-state index contributed by atoms with van der Waals surface area (Å²) in [6.07, 6.45) is 1.61. The van der Waals surface area contributed by atoms with Crippen molar-refractivity contribution in [2.75, 3.05) is 38.0 Å². The summed E-state index contributed by atoms with van der Waals surface area (Å²) in [6.45, 7) is 2.84. The van der Waals surface area contributed by atoms with E-state index in [0.717, 1.165) is 4.90 Å². The molecule has 2 amide bonds. The summed E-state index contributed by atoms with van der Waals surface area (Å²) >= 11 is 7.59. The summed E-state index contributed by atoms with van der Waals surface area (Å²) in [4.78, 5) is 29.5. The first-order valence-electron chi connectivity index (χ1n) is 9.06. The van der Waals surface area contributed by atoms with Crippen LogP contribution in [0, 0.1) is 0 Å². The van der Waals surface area contributed by atoms with Gasteiger partial charge in [-0.3, -0.25) is 14.5 Å². The van der Waals surface area contributed by atoms with Crippen molar-refractivity contribution in [2.45, 2.75) is 4.90 Å². The van der Waals surface area contributed by atoms with Gasteiger partial charge < -0.3 is 10.2 Å². The third kappa shape index (κ3) is 6.12. The highest BCUT2D eigenvalue weighted by atomic mass is 35.5. The minimum atomic E-state index is -0.105. The fourth-order valence-corrected chi connectivity index (χ4v) is 3.70. The van der Waals surface area contributed by atoms with Gasteiger partial charge in [0.2, 0.25) is 11.8 Å². The molecule has 1 heterocycles.